The molecule has 1 fully saturated rings. The largest absolute Gasteiger partial charge is 0.378 e. The molecule has 1 N–H and O–H groups in total. The number of morpholine rings is 1. The molecule has 6 nitrogen and oxygen atoms in total. The molecular weight excluding hydrogens is 366 g/mol. The Bertz CT molecular complexity index is 847. The van der Waals surface area contributed by atoms with Crippen molar-refractivity contribution in [3.8, 4) is 0 Å². The number of anilines is 2. The lowest BCUT2D eigenvalue weighted by molar-refractivity contribution is -0.121. The van der Waals surface area contributed by atoms with E-state index in [0.717, 1.165) is 35.6 Å². The van der Waals surface area contributed by atoms with Gasteiger partial charge in [0.05, 0.1) is 24.6 Å². The maximum Gasteiger partial charge on any atom is 0.223 e. The molecule has 6 heteroatoms. The Hall–Kier alpha value is -2.86. The molecule has 2 aromatic carbocycles. The van der Waals surface area contributed by atoms with Crippen LogP contribution in [0.2, 0.25) is 0 Å². The number of nitrogens with zero attached hydrogens (tertiary/aromatic N) is 2. The van der Waals surface area contributed by atoms with Crippen molar-refractivity contribution < 1.29 is 14.3 Å². The molecule has 0 aliphatic carbocycles. The number of para-hydroxylation sites is 2. The second kappa shape index (κ2) is 10.1. The van der Waals surface area contributed by atoms with Crippen LogP contribution in [-0.2, 0) is 20.9 Å². The number of benzene rings is 2. The van der Waals surface area contributed by atoms with Gasteiger partial charge in [0, 0.05) is 39.5 Å². The fraction of sp³-hybridized carbons (Fsp3) is 0.391. The number of carbonyl (C=O) groups excluding carboxylic acids is 2. The van der Waals surface area contributed by atoms with Gasteiger partial charge in [-0.2, -0.15) is 0 Å². The first-order valence-corrected chi connectivity index (χ1v) is 10.1. The zero-order valence-corrected chi connectivity index (χ0v) is 17.2. The van der Waals surface area contributed by atoms with E-state index in [9.17, 15) is 9.59 Å². The number of carbonyl (C=O) groups is 2. The predicted octanol–water partition coefficient (Wildman–Crippen LogP) is 2.89. The molecule has 1 heterocycles. The smallest absolute Gasteiger partial charge is 0.223 e. The van der Waals surface area contributed by atoms with Gasteiger partial charge < -0.3 is 19.9 Å². The first kappa shape index (κ1) is 20.9. The number of aryl methyl sites for hydroxylation is 1. The van der Waals surface area contributed by atoms with E-state index in [-0.39, 0.29) is 18.2 Å². The van der Waals surface area contributed by atoms with E-state index in [4.69, 9.17) is 4.74 Å². The van der Waals surface area contributed by atoms with Crippen molar-refractivity contribution >= 4 is 23.2 Å². The quantitative estimate of drug-likeness (QED) is 0.783. The lowest BCUT2D eigenvalue weighted by Gasteiger charge is -2.33. The summed E-state index contributed by atoms with van der Waals surface area (Å²) in [6.07, 6.45) is 0.253. The van der Waals surface area contributed by atoms with Gasteiger partial charge in [-0.05, 0) is 30.2 Å². The van der Waals surface area contributed by atoms with E-state index in [1.54, 1.807) is 11.8 Å². The Labute approximate surface area is 172 Å². The van der Waals surface area contributed by atoms with Crippen molar-refractivity contribution in [1.29, 1.82) is 0 Å². The Kier molecular flexibility index (Phi) is 7.25. The van der Waals surface area contributed by atoms with Gasteiger partial charge in [-0.15, -0.1) is 0 Å². The Morgan fingerprint density at radius 3 is 2.48 bits per heavy atom. The molecule has 154 valence electrons. The van der Waals surface area contributed by atoms with Gasteiger partial charge in [0.15, 0.2) is 0 Å². The van der Waals surface area contributed by atoms with Gasteiger partial charge in [-0.25, -0.2) is 0 Å². The molecule has 0 aromatic heterocycles. The fourth-order valence-corrected chi connectivity index (χ4v) is 3.52. The SMILES string of the molecule is CC(=O)N(CCC(=O)NCc1ccccc1C)c1ccccc1N1CCOCC1. The van der Waals surface area contributed by atoms with Crippen LogP contribution in [0.4, 0.5) is 11.4 Å². The van der Waals surface area contributed by atoms with Crippen LogP contribution < -0.4 is 15.1 Å². The van der Waals surface area contributed by atoms with Crippen LogP contribution in [0.5, 0.6) is 0 Å². The topological polar surface area (TPSA) is 61.9 Å². The van der Waals surface area contributed by atoms with Crippen molar-refractivity contribution in [2.45, 2.75) is 26.8 Å². The molecule has 1 aliphatic heterocycles. The van der Waals surface area contributed by atoms with Crippen molar-refractivity contribution in [3.63, 3.8) is 0 Å². The Balaban J connectivity index is 1.64. The number of rotatable bonds is 7. The first-order valence-electron chi connectivity index (χ1n) is 10.1. The minimum Gasteiger partial charge on any atom is -0.378 e. The van der Waals surface area contributed by atoms with Crippen LogP contribution >= 0.6 is 0 Å². The van der Waals surface area contributed by atoms with Crippen LogP contribution in [0.3, 0.4) is 0 Å². The standard InChI is InChI=1S/C23H29N3O3/c1-18-7-3-4-8-20(18)17-24-23(28)11-12-26(19(2)27)22-10-6-5-9-21(22)25-13-15-29-16-14-25/h3-10H,11-17H2,1-2H3,(H,24,28). The highest BCUT2D eigenvalue weighted by Gasteiger charge is 2.21. The highest BCUT2D eigenvalue weighted by Crippen LogP contribution is 2.30. The van der Waals surface area contributed by atoms with Crippen LogP contribution in [0.1, 0.15) is 24.5 Å². The van der Waals surface area contributed by atoms with Crippen LogP contribution in [0, 0.1) is 6.92 Å². The minimum atomic E-state index is -0.0718. The van der Waals surface area contributed by atoms with Crippen molar-refractivity contribution in [2.75, 3.05) is 42.6 Å². The van der Waals surface area contributed by atoms with E-state index < -0.39 is 0 Å². The van der Waals surface area contributed by atoms with Gasteiger partial charge >= 0.3 is 0 Å². The second-order valence-electron chi connectivity index (χ2n) is 7.21. The summed E-state index contributed by atoms with van der Waals surface area (Å²) in [6.45, 7) is 7.35. The van der Waals surface area contributed by atoms with E-state index >= 15 is 0 Å². The zero-order valence-electron chi connectivity index (χ0n) is 17.2. The molecule has 2 amide bonds. The van der Waals surface area contributed by atoms with Crippen molar-refractivity contribution in [2.24, 2.45) is 0 Å². The number of amides is 2. The average Bonchev–Trinajstić information content (AvgIpc) is 2.74. The summed E-state index contributed by atoms with van der Waals surface area (Å²) >= 11 is 0. The summed E-state index contributed by atoms with van der Waals surface area (Å²) in [7, 11) is 0. The van der Waals surface area contributed by atoms with Crippen LogP contribution in [0.25, 0.3) is 0 Å². The molecule has 3 rings (SSSR count). The molecule has 0 saturated carbocycles. The summed E-state index contributed by atoms with van der Waals surface area (Å²) in [5.41, 5.74) is 4.10. The van der Waals surface area contributed by atoms with Gasteiger partial charge in [0.25, 0.3) is 0 Å². The van der Waals surface area contributed by atoms with Gasteiger partial charge in [-0.1, -0.05) is 36.4 Å². The number of ether oxygens (including phenoxy) is 1. The molecule has 0 unspecified atom stereocenters. The second-order valence-corrected chi connectivity index (χ2v) is 7.21. The van der Waals surface area contributed by atoms with Crippen LogP contribution in [-0.4, -0.2) is 44.7 Å². The minimum absolute atomic E-state index is 0.0663. The normalized spacial score (nSPS) is 13.8. The predicted molar refractivity (Wildman–Crippen MR) is 115 cm³/mol. The summed E-state index contributed by atoms with van der Waals surface area (Å²) in [4.78, 5) is 28.7. The van der Waals surface area contributed by atoms with Gasteiger partial charge in [0.2, 0.25) is 11.8 Å². The molecule has 0 atom stereocenters. The van der Waals surface area contributed by atoms with E-state index in [1.807, 2.05) is 55.5 Å². The number of nitrogens with one attached hydrogen (secondary N) is 1. The molecular formula is C23H29N3O3. The highest BCUT2D eigenvalue weighted by molar-refractivity contribution is 5.96. The van der Waals surface area contributed by atoms with Gasteiger partial charge in [-0.3, -0.25) is 9.59 Å². The Morgan fingerprint density at radius 1 is 1.07 bits per heavy atom. The van der Waals surface area contributed by atoms with Crippen molar-refractivity contribution in [3.05, 3.63) is 59.7 Å². The molecule has 1 aliphatic rings. The average molecular weight is 396 g/mol. The zero-order chi connectivity index (χ0) is 20.6. The van der Waals surface area contributed by atoms with E-state index in [0.29, 0.717) is 26.3 Å². The van der Waals surface area contributed by atoms with Crippen LogP contribution in [0.15, 0.2) is 48.5 Å². The lowest BCUT2D eigenvalue weighted by atomic mass is 10.1. The molecule has 0 bridgehead atoms. The third-order valence-electron chi connectivity index (χ3n) is 5.20. The maximum atomic E-state index is 12.4. The molecule has 2 aromatic rings. The summed E-state index contributed by atoms with van der Waals surface area (Å²) in [5, 5.41) is 2.96. The monoisotopic (exact) mass is 395 g/mol. The third kappa shape index (κ3) is 5.57. The molecule has 0 spiro atoms. The number of hydrogen-bond donors (Lipinski definition) is 1. The molecule has 0 radical (unpaired) electrons. The Morgan fingerprint density at radius 2 is 1.76 bits per heavy atom. The summed E-state index contributed by atoms with van der Waals surface area (Å²) in [5.74, 6) is -0.138. The summed E-state index contributed by atoms with van der Waals surface area (Å²) < 4.78 is 5.44. The lowest BCUT2D eigenvalue weighted by Crippen LogP contribution is -2.39. The van der Waals surface area contributed by atoms with E-state index in [1.165, 1.54) is 0 Å². The fourth-order valence-electron chi connectivity index (χ4n) is 3.52. The van der Waals surface area contributed by atoms with Crippen molar-refractivity contribution in [1.82, 2.24) is 5.32 Å². The number of hydrogen-bond acceptors (Lipinski definition) is 4. The summed E-state index contributed by atoms with van der Waals surface area (Å²) in [6, 6.07) is 15.9. The van der Waals surface area contributed by atoms with Gasteiger partial charge in [0.1, 0.15) is 0 Å². The molecule has 29 heavy (non-hydrogen) atoms. The third-order valence-corrected chi connectivity index (χ3v) is 5.20. The maximum absolute atomic E-state index is 12.4. The highest BCUT2D eigenvalue weighted by atomic mass is 16.5. The first-order chi connectivity index (χ1) is 14.1. The molecule has 1 saturated heterocycles. The van der Waals surface area contributed by atoms with E-state index in [2.05, 4.69) is 10.2 Å².